The second kappa shape index (κ2) is 37.1. The molecule has 0 unspecified atom stereocenters. The molecule has 0 N–H and O–H groups in total. The third kappa shape index (κ3) is 44.9. The molecule has 0 aliphatic heterocycles. The molecule has 0 bridgehead atoms. The normalized spacial score (nSPS) is 11.3. The molecule has 124 valence electrons. The predicted molar refractivity (Wildman–Crippen MR) is 102 cm³/mol. The van der Waals surface area contributed by atoms with Gasteiger partial charge in [0.15, 0.2) is 0 Å². The molecule has 0 aromatic carbocycles. The van der Waals surface area contributed by atoms with Crippen molar-refractivity contribution in [2.75, 3.05) is 0 Å². The molecule has 2 rings (SSSR count). The molecule has 0 aromatic rings. The molecule has 0 heterocycles. The van der Waals surface area contributed by atoms with Crippen LogP contribution in [0.4, 0.5) is 0 Å². The van der Waals surface area contributed by atoms with E-state index in [9.17, 15) is 0 Å². The second-order valence-corrected chi connectivity index (χ2v) is 3.47. The van der Waals surface area contributed by atoms with Gasteiger partial charge in [0.1, 0.15) is 0 Å². The molecule has 0 saturated heterocycles. The van der Waals surface area contributed by atoms with E-state index in [0.717, 1.165) is 25.7 Å². The fraction of sp³-hybridized carbons (Fsp3) is 0.412. The first-order valence-corrected chi connectivity index (χ1v) is 12.5. The van der Waals surface area contributed by atoms with E-state index >= 15 is 0 Å². The summed E-state index contributed by atoms with van der Waals surface area (Å²) in [4.78, 5) is 0. The van der Waals surface area contributed by atoms with Crippen molar-refractivity contribution in [2.45, 2.75) is 46.5 Å². The number of halogens is 2. The average Bonchev–Trinajstić information content (AvgIpc) is 3.09. The summed E-state index contributed by atoms with van der Waals surface area (Å²) in [7, 11) is 0. The molecular formula is C17H30Cl2SiZr-4. The van der Waals surface area contributed by atoms with Crippen LogP contribution in [-0.4, -0.2) is 6.88 Å². The van der Waals surface area contributed by atoms with E-state index in [2.05, 4.69) is 51.2 Å². The Morgan fingerprint density at radius 3 is 1.67 bits per heavy atom. The molecule has 2 aliphatic rings. The van der Waals surface area contributed by atoms with Crippen LogP contribution >= 0.6 is 24.8 Å². The first kappa shape index (κ1) is 33.3. The minimum atomic E-state index is 0. The summed E-state index contributed by atoms with van der Waals surface area (Å²) in [6.45, 7) is 15.0. The standard InChI is InChI=1S/C6H7.C5H5.2C3H7.2ClH.H2Si.Zr/c1-6-4-2-3-5-6;1-2-4-5-3-1;2*1-3-2;;;;/h2,4H,3H2,1H3;1-3H,4H2;2*1,3H2,2H3;2*1H;1H2;/q4*-1;;;;. The van der Waals surface area contributed by atoms with E-state index in [1.165, 1.54) is 5.57 Å². The molecule has 0 nitrogen and oxygen atoms in total. The van der Waals surface area contributed by atoms with Crippen LogP contribution < -0.4 is 0 Å². The third-order valence-corrected chi connectivity index (χ3v) is 1.45. The van der Waals surface area contributed by atoms with Crippen LogP contribution in [0.25, 0.3) is 0 Å². The molecule has 0 aromatic heterocycles. The maximum atomic E-state index is 3.49. The summed E-state index contributed by atoms with van der Waals surface area (Å²) in [5.74, 6) is 0. The van der Waals surface area contributed by atoms with Crippen LogP contribution in [-0.2, 0) is 23.3 Å². The Balaban J connectivity index is -0.0000000527. The quantitative estimate of drug-likeness (QED) is 0.361. The second-order valence-electron chi connectivity index (χ2n) is 3.47. The van der Waals surface area contributed by atoms with Gasteiger partial charge in [-0.15, -0.1) is 37.7 Å². The zero-order valence-corrected chi connectivity index (χ0v) is 19.2. The topological polar surface area (TPSA) is 0 Å². The van der Waals surface area contributed by atoms with Gasteiger partial charge in [-0.2, -0.15) is 25.0 Å². The van der Waals surface area contributed by atoms with Gasteiger partial charge < -0.3 is 13.8 Å². The van der Waals surface area contributed by atoms with Gasteiger partial charge in [0.2, 0.25) is 0 Å². The van der Waals surface area contributed by atoms with Crippen LogP contribution in [0.1, 0.15) is 46.5 Å². The van der Waals surface area contributed by atoms with E-state index in [4.69, 9.17) is 0 Å². The van der Waals surface area contributed by atoms with E-state index in [0.29, 0.717) is 0 Å². The molecule has 2 aliphatic carbocycles. The Morgan fingerprint density at radius 1 is 1.10 bits per heavy atom. The molecule has 0 amide bonds. The number of hydrogen-bond donors (Lipinski definition) is 0. The Bertz CT molecular complexity index is 257. The first-order valence-electron chi connectivity index (χ1n) is 6.62. The SMILES string of the molecule is CC1=[C-]CC=C1.Cl.Cl.[C-]1=CC=CC1.[CH2-]CC.[CH2-]CC.[SiH2]=[Zr]. The van der Waals surface area contributed by atoms with E-state index in [1.807, 2.05) is 32.9 Å². The van der Waals surface area contributed by atoms with Gasteiger partial charge in [-0.3, -0.25) is 12.2 Å². The van der Waals surface area contributed by atoms with Gasteiger partial charge in [0.25, 0.3) is 0 Å². The Hall–Kier alpha value is 0.640. The van der Waals surface area contributed by atoms with Gasteiger partial charge in [0, 0.05) is 0 Å². The van der Waals surface area contributed by atoms with Crippen LogP contribution in [0.5, 0.6) is 0 Å². The van der Waals surface area contributed by atoms with Gasteiger partial charge >= 0.3 is 30.2 Å². The summed E-state index contributed by atoms with van der Waals surface area (Å²) in [6.07, 6.45) is 20.3. The Morgan fingerprint density at radius 2 is 1.57 bits per heavy atom. The van der Waals surface area contributed by atoms with Gasteiger partial charge in [-0.25, -0.2) is 23.8 Å². The zero-order valence-electron chi connectivity index (χ0n) is 13.7. The van der Waals surface area contributed by atoms with E-state index in [1.54, 1.807) is 23.3 Å². The van der Waals surface area contributed by atoms with Crippen LogP contribution in [0.2, 0.25) is 0 Å². The molecule has 21 heavy (non-hydrogen) atoms. The predicted octanol–water partition coefficient (Wildman–Crippen LogP) is 5.39. The van der Waals surface area contributed by atoms with Crippen molar-refractivity contribution in [3.63, 3.8) is 0 Å². The molecular weight excluding hydrogens is 394 g/mol. The number of hydrogen-bond acceptors (Lipinski definition) is 0. The van der Waals surface area contributed by atoms with E-state index in [-0.39, 0.29) is 24.8 Å². The molecule has 0 saturated carbocycles. The Kier molecular flexibility index (Phi) is 58.9. The summed E-state index contributed by atoms with van der Waals surface area (Å²) < 4.78 is 0. The van der Waals surface area contributed by atoms with Gasteiger partial charge in [0.05, 0.1) is 0 Å². The summed E-state index contributed by atoms with van der Waals surface area (Å²) in [5.41, 5.74) is 1.27. The maximum absolute atomic E-state index is 3.49. The van der Waals surface area contributed by atoms with Crippen molar-refractivity contribution in [1.29, 1.82) is 0 Å². The molecule has 0 fully saturated rings. The summed E-state index contributed by atoms with van der Waals surface area (Å²) in [5, 5.41) is 0. The van der Waals surface area contributed by atoms with Crippen LogP contribution in [0.3, 0.4) is 0 Å². The van der Waals surface area contributed by atoms with Gasteiger partial charge in [-0.05, 0) is 0 Å². The van der Waals surface area contributed by atoms with Crippen molar-refractivity contribution in [1.82, 2.24) is 0 Å². The van der Waals surface area contributed by atoms with Crippen molar-refractivity contribution < 1.29 is 23.3 Å². The van der Waals surface area contributed by atoms with Crippen molar-refractivity contribution in [2.24, 2.45) is 0 Å². The van der Waals surface area contributed by atoms with Crippen LogP contribution in [0.15, 0.2) is 36.0 Å². The molecule has 4 heteroatoms. The monoisotopic (exact) mass is 422 g/mol. The fourth-order valence-corrected chi connectivity index (χ4v) is 0.855. The zero-order chi connectivity index (χ0) is 15.4. The van der Waals surface area contributed by atoms with Gasteiger partial charge in [-0.1, -0.05) is 20.8 Å². The van der Waals surface area contributed by atoms with Crippen LogP contribution in [0, 0.1) is 26.0 Å². The summed E-state index contributed by atoms with van der Waals surface area (Å²) in [6, 6.07) is 0. The molecule has 0 radical (unpaired) electrons. The molecule has 0 spiro atoms. The average molecular weight is 425 g/mol. The summed E-state index contributed by atoms with van der Waals surface area (Å²) >= 11 is 1.58. The van der Waals surface area contributed by atoms with Crippen molar-refractivity contribution >= 4 is 31.7 Å². The number of allylic oxidation sites excluding steroid dienone is 8. The minimum absolute atomic E-state index is 0. The Labute approximate surface area is 162 Å². The first-order chi connectivity index (χ1) is 9.22. The number of rotatable bonds is 0. The fourth-order valence-electron chi connectivity index (χ4n) is 0.855. The molecule has 0 atom stereocenters. The van der Waals surface area contributed by atoms with Crippen molar-refractivity contribution in [3.8, 4) is 0 Å². The van der Waals surface area contributed by atoms with E-state index < -0.39 is 0 Å². The third-order valence-electron chi connectivity index (χ3n) is 1.45. The van der Waals surface area contributed by atoms with Crippen molar-refractivity contribution in [3.05, 3.63) is 62.0 Å².